The summed E-state index contributed by atoms with van der Waals surface area (Å²) >= 11 is 0.997. The Labute approximate surface area is 122 Å². The van der Waals surface area contributed by atoms with Crippen LogP contribution >= 0.6 is 11.8 Å². The molecule has 0 unspecified atom stereocenters. The van der Waals surface area contributed by atoms with Gasteiger partial charge >= 0.3 is 11.9 Å². The summed E-state index contributed by atoms with van der Waals surface area (Å²) in [5, 5.41) is 18.5. The van der Waals surface area contributed by atoms with Gasteiger partial charge in [0.05, 0.1) is 11.5 Å². The first kappa shape index (κ1) is 14.9. The van der Waals surface area contributed by atoms with E-state index in [1.807, 2.05) is 0 Å². The Morgan fingerprint density at radius 1 is 1.52 bits per heavy atom. The standard InChI is InChI=1S/C11H10N4O5S/c1-3-19-10(16)9-13-14-11(20-9)21-8-4-6(2)7(5-12-8)15(17)18/h4-5H,3H2,1-2H3. The van der Waals surface area contributed by atoms with Crippen molar-refractivity contribution in [1.82, 2.24) is 15.2 Å². The number of nitro groups is 1. The fraction of sp³-hybridized carbons (Fsp3) is 0.273. The van der Waals surface area contributed by atoms with Crippen molar-refractivity contribution in [2.45, 2.75) is 24.1 Å². The summed E-state index contributed by atoms with van der Waals surface area (Å²) in [4.78, 5) is 25.5. The van der Waals surface area contributed by atoms with Crippen molar-refractivity contribution in [1.29, 1.82) is 0 Å². The lowest BCUT2D eigenvalue weighted by Crippen LogP contribution is -2.04. The number of rotatable bonds is 5. The smallest absolute Gasteiger partial charge is 0.396 e. The number of hydrogen-bond donors (Lipinski definition) is 0. The number of hydrogen-bond acceptors (Lipinski definition) is 9. The van der Waals surface area contributed by atoms with Gasteiger partial charge in [-0.15, -0.1) is 5.10 Å². The fourth-order valence-electron chi connectivity index (χ4n) is 1.39. The Morgan fingerprint density at radius 3 is 2.90 bits per heavy atom. The lowest BCUT2D eigenvalue weighted by atomic mass is 10.3. The van der Waals surface area contributed by atoms with E-state index in [0.717, 1.165) is 18.0 Å². The summed E-state index contributed by atoms with van der Waals surface area (Å²) in [6, 6.07) is 1.52. The van der Waals surface area contributed by atoms with Crippen molar-refractivity contribution in [3.05, 3.63) is 33.8 Å². The van der Waals surface area contributed by atoms with Gasteiger partial charge in [-0.2, -0.15) is 0 Å². The lowest BCUT2D eigenvalue weighted by Gasteiger charge is -1.99. The molecule has 21 heavy (non-hydrogen) atoms. The number of carbonyl (C=O) groups excluding carboxylic acids is 1. The average molecular weight is 310 g/mol. The quantitative estimate of drug-likeness (QED) is 0.463. The van der Waals surface area contributed by atoms with Crippen LogP contribution in [-0.2, 0) is 4.74 Å². The zero-order valence-electron chi connectivity index (χ0n) is 11.1. The largest absolute Gasteiger partial charge is 0.459 e. The van der Waals surface area contributed by atoms with Gasteiger partial charge in [-0.05, 0) is 31.7 Å². The van der Waals surface area contributed by atoms with Crippen LogP contribution in [0.1, 0.15) is 23.2 Å². The third kappa shape index (κ3) is 3.54. The second-order valence-corrected chi connectivity index (χ2v) is 4.73. The third-order valence-corrected chi connectivity index (χ3v) is 3.08. The van der Waals surface area contributed by atoms with Crippen molar-refractivity contribution in [2.75, 3.05) is 6.61 Å². The van der Waals surface area contributed by atoms with Crippen LogP contribution in [0.15, 0.2) is 26.9 Å². The number of nitrogens with zero attached hydrogens (tertiary/aromatic N) is 4. The molecule has 0 aliphatic heterocycles. The van der Waals surface area contributed by atoms with E-state index in [9.17, 15) is 14.9 Å². The van der Waals surface area contributed by atoms with Crippen LogP contribution < -0.4 is 0 Å². The number of aryl methyl sites for hydroxylation is 1. The van der Waals surface area contributed by atoms with E-state index in [2.05, 4.69) is 15.2 Å². The molecule has 9 nitrogen and oxygen atoms in total. The molecule has 0 aromatic carbocycles. The van der Waals surface area contributed by atoms with Gasteiger partial charge < -0.3 is 9.15 Å². The van der Waals surface area contributed by atoms with Gasteiger partial charge in [-0.3, -0.25) is 10.1 Å². The van der Waals surface area contributed by atoms with Gasteiger partial charge in [0.15, 0.2) is 0 Å². The van der Waals surface area contributed by atoms with Crippen LogP contribution in [0.4, 0.5) is 5.69 Å². The van der Waals surface area contributed by atoms with E-state index in [1.54, 1.807) is 13.8 Å². The molecular weight excluding hydrogens is 300 g/mol. The fourth-order valence-corrected chi connectivity index (χ4v) is 2.11. The van der Waals surface area contributed by atoms with E-state index in [-0.39, 0.29) is 23.4 Å². The third-order valence-electron chi connectivity index (χ3n) is 2.30. The first-order valence-corrected chi connectivity index (χ1v) is 6.62. The summed E-state index contributed by atoms with van der Waals surface area (Å²) in [6.07, 6.45) is 1.15. The van der Waals surface area contributed by atoms with Crippen LogP contribution in [0.25, 0.3) is 0 Å². The minimum absolute atomic E-state index is 0.0721. The van der Waals surface area contributed by atoms with Gasteiger partial charge in [-0.1, -0.05) is 5.10 Å². The molecule has 0 amide bonds. The van der Waals surface area contributed by atoms with Crippen molar-refractivity contribution in [3.8, 4) is 0 Å². The molecule has 0 atom stereocenters. The number of ether oxygens (including phenoxy) is 1. The van der Waals surface area contributed by atoms with Crippen LogP contribution in [0.2, 0.25) is 0 Å². The Morgan fingerprint density at radius 2 is 2.29 bits per heavy atom. The molecule has 0 aliphatic carbocycles. The van der Waals surface area contributed by atoms with Crippen LogP contribution in [0, 0.1) is 17.0 Å². The molecule has 10 heteroatoms. The summed E-state index contributed by atoms with van der Waals surface area (Å²) in [7, 11) is 0. The molecule has 0 aliphatic rings. The molecule has 2 heterocycles. The zero-order chi connectivity index (χ0) is 15.4. The van der Waals surface area contributed by atoms with E-state index in [4.69, 9.17) is 9.15 Å². The second kappa shape index (κ2) is 6.31. The maximum atomic E-state index is 11.4. The summed E-state index contributed by atoms with van der Waals surface area (Å²) < 4.78 is 9.83. The maximum Gasteiger partial charge on any atom is 0.396 e. The second-order valence-electron chi connectivity index (χ2n) is 3.76. The Kier molecular flexibility index (Phi) is 4.48. The number of pyridine rings is 1. The minimum Gasteiger partial charge on any atom is -0.459 e. The molecule has 2 aromatic rings. The summed E-state index contributed by atoms with van der Waals surface area (Å²) in [5.74, 6) is -0.956. The molecule has 0 radical (unpaired) electrons. The highest BCUT2D eigenvalue weighted by Gasteiger charge is 2.18. The maximum absolute atomic E-state index is 11.4. The Hall–Kier alpha value is -2.49. The average Bonchev–Trinajstić information content (AvgIpc) is 2.87. The molecular formula is C11H10N4O5S. The van der Waals surface area contributed by atoms with Crippen LogP contribution in [-0.4, -0.2) is 32.7 Å². The van der Waals surface area contributed by atoms with Gasteiger partial charge in [0.2, 0.25) is 0 Å². The number of aromatic nitrogens is 3. The van der Waals surface area contributed by atoms with Crippen molar-refractivity contribution in [2.24, 2.45) is 0 Å². The highest BCUT2D eigenvalue weighted by molar-refractivity contribution is 7.99. The first-order valence-electron chi connectivity index (χ1n) is 5.80. The summed E-state index contributed by atoms with van der Waals surface area (Å²) in [5.41, 5.74) is 0.389. The topological polar surface area (TPSA) is 121 Å². The Bertz CT molecular complexity index is 687. The molecule has 2 rings (SSSR count). The van der Waals surface area contributed by atoms with E-state index >= 15 is 0 Å². The SMILES string of the molecule is CCOC(=O)c1nnc(Sc2cc(C)c([N+](=O)[O-])cn2)o1. The molecule has 0 fully saturated rings. The highest BCUT2D eigenvalue weighted by Crippen LogP contribution is 2.28. The van der Waals surface area contributed by atoms with Gasteiger partial charge in [-0.25, -0.2) is 9.78 Å². The van der Waals surface area contributed by atoms with Crippen molar-refractivity contribution >= 4 is 23.4 Å². The first-order chi connectivity index (χ1) is 10.0. The predicted octanol–water partition coefficient (Wildman–Crippen LogP) is 2.01. The van der Waals surface area contributed by atoms with E-state index in [0.29, 0.717) is 10.6 Å². The predicted molar refractivity (Wildman–Crippen MR) is 70.0 cm³/mol. The molecule has 0 N–H and O–H groups in total. The van der Waals surface area contributed by atoms with Crippen LogP contribution in [0.5, 0.6) is 0 Å². The Balaban J connectivity index is 2.14. The van der Waals surface area contributed by atoms with Crippen molar-refractivity contribution < 1.29 is 18.9 Å². The lowest BCUT2D eigenvalue weighted by molar-refractivity contribution is -0.385. The van der Waals surface area contributed by atoms with Crippen LogP contribution in [0.3, 0.4) is 0 Å². The van der Waals surface area contributed by atoms with Gasteiger partial charge in [0.1, 0.15) is 11.2 Å². The van der Waals surface area contributed by atoms with Gasteiger partial charge in [0, 0.05) is 5.56 Å². The zero-order valence-corrected chi connectivity index (χ0v) is 11.9. The summed E-state index contributed by atoms with van der Waals surface area (Å²) in [6.45, 7) is 3.46. The molecule has 0 bridgehead atoms. The molecule has 2 aromatic heterocycles. The molecule has 0 saturated heterocycles. The minimum atomic E-state index is -0.704. The normalized spacial score (nSPS) is 10.4. The van der Waals surface area contributed by atoms with E-state index < -0.39 is 10.9 Å². The molecule has 0 saturated carbocycles. The molecule has 0 spiro atoms. The van der Waals surface area contributed by atoms with E-state index in [1.165, 1.54) is 6.07 Å². The highest BCUT2D eigenvalue weighted by atomic mass is 32.2. The monoisotopic (exact) mass is 310 g/mol. The number of carbonyl (C=O) groups is 1. The van der Waals surface area contributed by atoms with Crippen molar-refractivity contribution in [3.63, 3.8) is 0 Å². The van der Waals surface area contributed by atoms with Gasteiger partial charge in [0.25, 0.3) is 10.9 Å². The molecule has 110 valence electrons. The number of esters is 1.